The third-order valence-corrected chi connectivity index (χ3v) is 1.90. The number of hydrogen-bond donors (Lipinski definition) is 1. The first kappa shape index (κ1) is 15.3. The van der Waals surface area contributed by atoms with Gasteiger partial charge in [-0.15, -0.1) is 0 Å². The Morgan fingerprint density at radius 3 is 1.89 bits per heavy atom. The van der Waals surface area contributed by atoms with Gasteiger partial charge in [-0.05, 0) is 12.1 Å². The van der Waals surface area contributed by atoms with Crippen molar-refractivity contribution in [3.63, 3.8) is 0 Å². The molecule has 10 heteroatoms. The molecule has 0 bridgehead atoms. The zero-order chi connectivity index (χ0) is 14.7. The highest BCUT2D eigenvalue weighted by Gasteiger charge is 2.23. The first-order valence-corrected chi connectivity index (χ1v) is 6.32. The van der Waals surface area contributed by atoms with Crippen molar-refractivity contribution in [3.8, 4) is 0 Å². The van der Waals surface area contributed by atoms with Crippen molar-refractivity contribution in [2.75, 3.05) is 0 Å². The van der Waals surface area contributed by atoms with E-state index in [0.717, 1.165) is 0 Å². The van der Waals surface area contributed by atoms with E-state index in [1.807, 2.05) is 12.1 Å². The summed E-state index contributed by atoms with van der Waals surface area (Å²) < 4.78 is 8.55. The predicted octanol–water partition coefficient (Wildman–Crippen LogP) is -4.28. The number of phosphoric acid groups is 1. The van der Waals surface area contributed by atoms with E-state index in [4.69, 9.17) is 19.2 Å². The second-order valence-corrected chi connectivity index (χ2v) is 4.49. The van der Waals surface area contributed by atoms with Crippen LogP contribution in [0.4, 0.5) is 4.79 Å². The average Bonchev–Trinajstić information content (AvgIpc) is 2.48. The maximum atomic E-state index is 10.4. The molecule has 1 aliphatic heterocycles. The highest BCUT2D eigenvalue weighted by Crippen LogP contribution is 2.07. The highest BCUT2D eigenvalue weighted by molar-refractivity contribution is 7.40. The van der Waals surface area contributed by atoms with Crippen molar-refractivity contribution in [2.24, 2.45) is 9.98 Å². The largest absolute Gasteiger partial charge is 0.822 e. The van der Waals surface area contributed by atoms with Crippen LogP contribution in [0.3, 0.4) is 0 Å². The minimum atomic E-state index is -5.39. The minimum absolute atomic E-state index is 0.684. The lowest BCUT2D eigenvalue weighted by Crippen LogP contribution is -2.48. The molecule has 0 radical (unpaired) electrons. The number of nitrogens with one attached hydrogen (secondary N) is 1. The lowest BCUT2D eigenvalue weighted by atomic mass is 10.3. The van der Waals surface area contributed by atoms with Gasteiger partial charge >= 0.3 is 0 Å². The topological polar surface area (TPSA) is 163 Å². The number of para-hydroxylation sites is 2. The number of carbonyl (C=O) groups excluding carboxylic acids is 1. The molecular weight excluding hydrogens is 277 g/mol. The SMILES string of the molecule is CC1(NC(=O)[O-])N=c2ccccc2=N1.O=P([O-])([O-])[O-]. The molecule has 1 N–H and O–H groups in total. The van der Waals surface area contributed by atoms with Crippen molar-refractivity contribution in [2.45, 2.75) is 12.7 Å². The molecule has 0 spiro atoms. The van der Waals surface area contributed by atoms with Crippen LogP contribution in [0.1, 0.15) is 6.92 Å². The van der Waals surface area contributed by atoms with E-state index in [2.05, 4.69) is 15.3 Å². The molecule has 0 aromatic heterocycles. The van der Waals surface area contributed by atoms with Gasteiger partial charge in [-0.25, -0.2) is 9.98 Å². The fourth-order valence-electron chi connectivity index (χ4n) is 1.40. The molecule has 0 unspecified atom stereocenters. The van der Waals surface area contributed by atoms with E-state index in [1.54, 1.807) is 19.1 Å². The molecule has 1 aliphatic rings. The summed E-state index contributed by atoms with van der Waals surface area (Å²) >= 11 is 0. The summed E-state index contributed by atoms with van der Waals surface area (Å²) in [5.41, 5.74) is 0. The molecule has 0 fully saturated rings. The van der Waals surface area contributed by atoms with Crippen LogP contribution in [0, 0.1) is 0 Å². The first-order chi connectivity index (χ1) is 8.59. The van der Waals surface area contributed by atoms with E-state index >= 15 is 0 Å². The molecule has 19 heavy (non-hydrogen) atoms. The molecule has 1 amide bonds. The lowest BCUT2D eigenvalue weighted by Gasteiger charge is -2.36. The fraction of sp³-hybridized carbons (Fsp3) is 0.222. The molecule has 2 rings (SSSR count). The molecule has 0 saturated heterocycles. The van der Waals surface area contributed by atoms with Gasteiger partial charge in [0, 0.05) is 6.92 Å². The Kier molecular flexibility index (Phi) is 4.38. The summed E-state index contributed by atoms with van der Waals surface area (Å²) in [6, 6.07) is 7.20. The summed E-state index contributed by atoms with van der Waals surface area (Å²) in [7, 11) is -5.39. The molecule has 104 valence electrons. The van der Waals surface area contributed by atoms with Crippen LogP contribution in [0.5, 0.6) is 0 Å². The smallest absolute Gasteiger partial charge is 0.224 e. The summed E-state index contributed by atoms with van der Waals surface area (Å²) in [6.45, 7) is 1.57. The van der Waals surface area contributed by atoms with Crippen molar-refractivity contribution < 1.29 is 29.1 Å². The second-order valence-electron chi connectivity index (χ2n) is 3.59. The van der Waals surface area contributed by atoms with Gasteiger partial charge in [0.2, 0.25) is 5.79 Å². The third-order valence-electron chi connectivity index (χ3n) is 1.90. The zero-order valence-electron chi connectivity index (χ0n) is 9.60. The Labute approximate surface area is 107 Å². The fourth-order valence-corrected chi connectivity index (χ4v) is 1.40. The van der Waals surface area contributed by atoms with Gasteiger partial charge in [-0.2, -0.15) is 7.82 Å². The van der Waals surface area contributed by atoms with Crippen LogP contribution >= 0.6 is 7.82 Å². The molecule has 0 atom stereocenters. The monoisotopic (exact) mass is 285 g/mol. The van der Waals surface area contributed by atoms with Gasteiger partial charge in [0.1, 0.15) is 6.09 Å². The van der Waals surface area contributed by atoms with E-state index in [-0.39, 0.29) is 0 Å². The third kappa shape index (κ3) is 5.58. The Balaban J connectivity index is 0.000000312. The van der Waals surface area contributed by atoms with Gasteiger partial charge in [-0.1, -0.05) is 12.1 Å². The van der Waals surface area contributed by atoms with Crippen LogP contribution in [-0.2, 0) is 4.57 Å². The van der Waals surface area contributed by atoms with Gasteiger partial charge < -0.3 is 34.5 Å². The van der Waals surface area contributed by atoms with Crippen molar-refractivity contribution >= 4 is 13.9 Å². The number of amides is 1. The van der Waals surface area contributed by atoms with Crippen molar-refractivity contribution in [1.29, 1.82) is 0 Å². The van der Waals surface area contributed by atoms with E-state index < -0.39 is 19.7 Å². The number of rotatable bonds is 1. The Morgan fingerprint density at radius 1 is 1.21 bits per heavy atom. The molecule has 9 nitrogen and oxygen atoms in total. The van der Waals surface area contributed by atoms with Crippen LogP contribution in [0.15, 0.2) is 34.3 Å². The lowest BCUT2D eigenvalue weighted by molar-refractivity contribution is -0.432. The molecular formula is C9H8N3O6P-4. The van der Waals surface area contributed by atoms with Crippen LogP contribution < -0.4 is 35.8 Å². The average molecular weight is 285 g/mol. The Morgan fingerprint density at radius 2 is 1.58 bits per heavy atom. The Bertz CT molecular complexity index is 596. The maximum absolute atomic E-state index is 10.4. The van der Waals surface area contributed by atoms with Gasteiger partial charge in [-0.3, -0.25) is 0 Å². The van der Waals surface area contributed by atoms with Gasteiger partial charge in [0.15, 0.2) is 0 Å². The zero-order valence-corrected chi connectivity index (χ0v) is 10.5. The number of fused-ring (bicyclic) bond motifs is 1. The van der Waals surface area contributed by atoms with Crippen molar-refractivity contribution in [3.05, 3.63) is 35.0 Å². The molecule has 0 saturated carbocycles. The summed E-state index contributed by atoms with van der Waals surface area (Å²) in [5, 5.41) is 13.9. The minimum Gasteiger partial charge on any atom is -0.822 e. The van der Waals surface area contributed by atoms with Crippen LogP contribution in [0.2, 0.25) is 0 Å². The van der Waals surface area contributed by atoms with Crippen molar-refractivity contribution in [1.82, 2.24) is 5.32 Å². The normalized spacial score (nSPS) is 15.2. The number of hydrogen-bond acceptors (Lipinski definition) is 8. The summed E-state index contributed by atoms with van der Waals surface area (Å²) in [5.74, 6) is -1.14. The first-order valence-electron chi connectivity index (χ1n) is 4.86. The molecule has 1 aromatic rings. The van der Waals surface area contributed by atoms with E-state index in [0.29, 0.717) is 10.7 Å². The quantitative estimate of drug-likeness (QED) is 0.513. The molecule has 0 aliphatic carbocycles. The maximum Gasteiger partial charge on any atom is 0.224 e. The van der Waals surface area contributed by atoms with E-state index in [1.165, 1.54) is 0 Å². The van der Waals surface area contributed by atoms with Crippen LogP contribution in [0.25, 0.3) is 0 Å². The highest BCUT2D eigenvalue weighted by atomic mass is 31.2. The molecule has 1 heterocycles. The number of carboxylic acid groups (broad SMARTS) is 1. The van der Waals surface area contributed by atoms with Gasteiger partial charge in [0.25, 0.3) is 0 Å². The second kappa shape index (κ2) is 5.45. The summed E-state index contributed by atoms with van der Waals surface area (Å²) in [6.07, 6.45) is -1.38. The van der Waals surface area contributed by atoms with Gasteiger partial charge in [0.05, 0.1) is 10.7 Å². The van der Waals surface area contributed by atoms with E-state index in [9.17, 15) is 9.90 Å². The number of nitrogens with zero attached hydrogens (tertiary/aromatic N) is 2. The summed E-state index contributed by atoms with van der Waals surface area (Å²) in [4.78, 5) is 44.3. The Hall–Kier alpha value is -1.80. The van der Waals surface area contributed by atoms with Crippen LogP contribution in [-0.4, -0.2) is 11.9 Å². The number of carbonyl (C=O) groups is 1. The standard InChI is InChI=1S/C9H9N3O2.H3O4P/c1-9(12-8(13)14)10-6-4-2-3-5-7(6)11-9;1-5(2,3)4/h2-5,12H,1H3,(H,13,14);(H3,1,2,3,4)/p-4. The molecule has 1 aromatic carbocycles. The predicted molar refractivity (Wildman–Crippen MR) is 53.3 cm³/mol. The number of benzene rings is 1.